The normalized spacial score (nSPS) is 24.1. The highest BCUT2D eigenvalue weighted by molar-refractivity contribution is 5.36. The largest absolute Gasteiger partial charge is 0.396 e. The minimum Gasteiger partial charge on any atom is -0.396 e. The molecule has 0 spiro atoms. The zero-order valence-corrected chi connectivity index (χ0v) is 10.4. The topological polar surface area (TPSA) is 29.5 Å². The number of rotatable bonds is 4. The van der Waals surface area contributed by atoms with E-state index in [0.717, 1.165) is 32.5 Å². The average molecular weight is 232 g/mol. The number of ether oxygens (including phenoxy) is 1. The highest BCUT2D eigenvalue weighted by atomic mass is 16.5. The molecule has 1 heterocycles. The van der Waals surface area contributed by atoms with Gasteiger partial charge in [-0.2, -0.15) is 0 Å². The highest BCUT2D eigenvalue weighted by Crippen LogP contribution is 2.62. The third kappa shape index (κ3) is 1.47. The lowest BCUT2D eigenvalue weighted by molar-refractivity contribution is -0.110. The Hall–Kier alpha value is -0.860. The van der Waals surface area contributed by atoms with Crippen molar-refractivity contribution < 1.29 is 9.84 Å². The van der Waals surface area contributed by atoms with Crippen molar-refractivity contribution in [2.24, 2.45) is 5.41 Å². The van der Waals surface area contributed by atoms with Crippen LogP contribution >= 0.6 is 0 Å². The summed E-state index contributed by atoms with van der Waals surface area (Å²) in [7, 11) is 0. The van der Waals surface area contributed by atoms with Crippen LogP contribution in [0.5, 0.6) is 0 Å². The Bertz CT molecular complexity index is 399. The van der Waals surface area contributed by atoms with Gasteiger partial charge in [0.2, 0.25) is 0 Å². The van der Waals surface area contributed by atoms with E-state index in [2.05, 4.69) is 31.2 Å². The SMILES string of the molecule is CCc1ccc(C2(C3(CO)CC3)COC2)cc1. The van der Waals surface area contributed by atoms with Gasteiger partial charge in [-0.05, 0) is 30.4 Å². The Morgan fingerprint density at radius 2 is 1.82 bits per heavy atom. The monoisotopic (exact) mass is 232 g/mol. The molecule has 3 rings (SSSR count). The van der Waals surface area contributed by atoms with E-state index in [-0.39, 0.29) is 10.8 Å². The number of hydrogen-bond acceptors (Lipinski definition) is 2. The van der Waals surface area contributed by atoms with E-state index in [1.807, 2.05) is 0 Å². The van der Waals surface area contributed by atoms with Crippen molar-refractivity contribution in [1.29, 1.82) is 0 Å². The molecule has 1 aromatic rings. The predicted molar refractivity (Wildman–Crippen MR) is 67.1 cm³/mol. The molecule has 92 valence electrons. The lowest BCUT2D eigenvalue weighted by atomic mass is 9.66. The third-order valence-corrected chi connectivity index (χ3v) is 4.78. The third-order valence-electron chi connectivity index (χ3n) is 4.78. The molecule has 2 nitrogen and oxygen atoms in total. The van der Waals surface area contributed by atoms with Crippen molar-refractivity contribution >= 4 is 0 Å². The molecule has 2 heteroatoms. The average Bonchev–Trinajstić information content (AvgIpc) is 3.10. The minimum atomic E-state index is 0.0913. The van der Waals surface area contributed by atoms with Crippen LogP contribution in [0.2, 0.25) is 0 Å². The maximum absolute atomic E-state index is 9.66. The smallest absolute Gasteiger partial charge is 0.0591 e. The molecule has 2 fully saturated rings. The molecule has 0 unspecified atom stereocenters. The van der Waals surface area contributed by atoms with Crippen molar-refractivity contribution in [3.05, 3.63) is 35.4 Å². The van der Waals surface area contributed by atoms with E-state index in [1.165, 1.54) is 11.1 Å². The molecule has 17 heavy (non-hydrogen) atoms. The molecule has 1 N–H and O–H groups in total. The summed E-state index contributed by atoms with van der Waals surface area (Å²) in [5.74, 6) is 0. The van der Waals surface area contributed by atoms with Gasteiger partial charge in [-0.1, -0.05) is 31.2 Å². The molecule has 0 radical (unpaired) electrons. The second-order valence-corrected chi connectivity index (χ2v) is 5.56. The first-order chi connectivity index (χ1) is 8.26. The molecule has 1 aliphatic heterocycles. The van der Waals surface area contributed by atoms with E-state index in [4.69, 9.17) is 4.74 Å². The molecule has 1 aromatic carbocycles. The van der Waals surface area contributed by atoms with E-state index in [0.29, 0.717) is 6.61 Å². The number of aryl methyl sites for hydroxylation is 1. The molecule has 0 amide bonds. The van der Waals surface area contributed by atoms with Gasteiger partial charge in [0.25, 0.3) is 0 Å². The zero-order chi connectivity index (χ0) is 11.9. The molecule has 0 atom stereocenters. The Kier molecular flexibility index (Phi) is 2.53. The fourth-order valence-corrected chi connectivity index (χ4v) is 3.08. The maximum Gasteiger partial charge on any atom is 0.0591 e. The molecule has 1 saturated carbocycles. The number of hydrogen-bond donors (Lipinski definition) is 1. The first-order valence-corrected chi connectivity index (χ1v) is 6.54. The van der Waals surface area contributed by atoms with Gasteiger partial charge in [0.15, 0.2) is 0 Å². The molecule has 1 saturated heterocycles. The standard InChI is InChI=1S/C15H20O2/c1-2-12-3-5-13(6-4-12)15(10-17-11-15)14(9-16)7-8-14/h3-6,16H,2,7-11H2,1H3. The lowest BCUT2D eigenvalue weighted by Gasteiger charge is -2.48. The Morgan fingerprint density at radius 1 is 1.18 bits per heavy atom. The lowest BCUT2D eigenvalue weighted by Crippen LogP contribution is -2.54. The highest BCUT2D eigenvalue weighted by Gasteiger charge is 2.63. The summed E-state index contributed by atoms with van der Waals surface area (Å²) >= 11 is 0. The van der Waals surface area contributed by atoms with Gasteiger partial charge in [-0.15, -0.1) is 0 Å². The quantitative estimate of drug-likeness (QED) is 0.863. The summed E-state index contributed by atoms with van der Waals surface area (Å²) < 4.78 is 5.47. The predicted octanol–water partition coefficient (Wildman–Crippen LogP) is 2.29. The van der Waals surface area contributed by atoms with E-state index in [9.17, 15) is 5.11 Å². The van der Waals surface area contributed by atoms with Gasteiger partial charge >= 0.3 is 0 Å². The fraction of sp³-hybridized carbons (Fsp3) is 0.600. The van der Waals surface area contributed by atoms with Crippen LogP contribution in [0.15, 0.2) is 24.3 Å². The van der Waals surface area contributed by atoms with Crippen LogP contribution in [-0.2, 0) is 16.6 Å². The molecule has 1 aliphatic carbocycles. The van der Waals surface area contributed by atoms with Gasteiger partial charge in [-0.3, -0.25) is 0 Å². The summed E-state index contributed by atoms with van der Waals surface area (Å²) in [6.07, 6.45) is 3.36. The van der Waals surface area contributed by atoms with Crippen LogP contribution in [0.4, 0.5) is 0 Å². The van der Waals surface area contributed by atoms with Crippen molar-refractivity contribution in [2.75, 3.05) is 19.8 Å². The van der Waals surface area contributed by atoms with Crippen molar-refractivity contribution in [2.45, 2.75) is 31.6 Å². The van der Waals surface area contributed by atoms with Gasteiger partial charge in [-0.25, -0.2) is 0 Å². The van der Waals surface area contributed by atoms with Crippen LogP contribution in [0.1, 0.15) is 30.9 Å². The number of aliphatic hydroxyl groups excluding tert-OH is 1. The Labute approximate surface area is 103 Å². The van der Waals surface area contributed by atoms with E-state index in [1.54, 1.807) is 0 Å². The van der Waals surface area contributed by atoms with Crippen LogP contribution in [0.3, 0.4) is 0 Å². The molecular formula is C15H20O2. The summed E-state index contributed by atoms with van der Waals surface area (Å²) in [4.78, 5) is 0. The van der Waals surface area contributed by atoms with E-state index >= 15 is 0 Å². The van der Waals surface area contributed by atoms with Crippen LogP contribution in [0, 0.1) is 5.41 Å². The summed E-state index contributed by atoms with van der Waals surface area (Å²) in [5.41, 5.74) is 2.93. The number of benzene rings is 1. The molecule has 0 bridgehead atoms. The summed E-state index contributed by atoms with van der Waals surface area (Å²) in [6, 6.07) is 8.89. The van der Waals surface area contributed by atoms with Crippen molar-refractivity contribution in [3.8, 4) is 0 Å². The first kappa shape index (κ1) is 11.2. The summed E-state index contributed by atoms with van der Waals surface area (Å²) in [5, 5.41) is 9.66. The van der Waals surface area contributed by atoms with Gasteiger partial charge in [0, 0.05) is 17.4 Å². The van der Waals surface area contributed by atoms with Crippen molar-refractivity contribution in [1.82, 2.24) is 0 Å². The van der Waals surface area contributed by atoms with Crippen LogP contribution < -0.4 is 0 Å². The molecule has 2 aliphatic rings. The summed E-state index contributed by atoms with van der Waals surface area (Å²) in [6.45, 7) is 4.03. The van der Waals surface area contributed by atoms with Gasteiger partial charge < -0.3 is 9.84 Å². The van der Waals surface area contributed by atoms with Crippen molar-refractivity contribution in [3.63, 3.8) is 0 Å². The van der Waals surface area contributed by atoms with Gasteiger partial charge in [0.05, 0.1) is 13.2 Å². The molecule has 0 aromatic heterocycles. The second kappa shape index (κ2) is 3.82. The Balaban J connectivity index is 1.94. The maximum atomic E-state index is 9.66. The zero-order valence-electron chi connectivity index (χ0n) is 10.4. The minimum absolute atomic E-state index is 0.0913. The van der Waals surface area contributed by atoms with Crippen LogP contribution in [0.25, 0.3) is 0 Å². The Morgan fingerprint density at radius 3 is 2.18 bits per heavy atom. The second-order valence-electron chi connectivity index (χ2n) is 5.56. The van der Waals surface area contributed by atoms with Crippen LogP contribution in [-0.4, -0.2) is 24.9 Å². The first-order valence-electron chi connectivity index (χ1n) is 6.54. The fourth-order valence-electron chi connectivity index (χ4n) is 3.08. The van der Waals surface area contributed by atoms with Gasteiger partial charge in [0.1, 0.15) is 0 Å². The van der Waals surface area contributed by atoms with E-state index < -0.39 is 0 Å². The molecular weight excluding hydrogens is 212 g/mol. The number of aliphatic hydroxyl groups is 1.